The first kappa shape index (κ1) is 14.4. The van der Waals surface area contributed by atoms with Gasteiger partial charge < -0.3 is 10.6 Å². The molecule has 0 unspecified atom stereocenters. The number of hydrogen-bond donors (Lipinski definition) is 2. The molecule has 2 N–H and O–H groups in total. The van der Waals surface area contributed by atoms with Crippen LogP contribution in [-0.2, 0) is 6.54 Å². The summed E-state index contributed by atoms with van der Waals surface area (Å²) < 4.78 is 1.85. The van der Waals surface area contributed by atoms with Crippen LogP contribution in [0.4, 0.5) is 10.5 Å². The lowest BCUT2D eigenvalue weighted by Gasteiger charge is -2.13. The summed E-state index contributed by atoms with van der Waals surface area (Å²) in [5.74, 6) is 0.292. The van der Waals surface area contributed by atoms with Crippen LogP contribution in [0.25, 0.3) is 0 Å². The second kappa shape index (κ2) is 6.96. The van der Waals surface area contributed by atoms with Crippen LogP contribution in [-0.4, -0.2) is 22.4 Å². The number of anilines is 1. The molecule has 5 nitrogen and oxygen atoms in total. The van der Waals surface area contributed by atoms with Crippen molar-refractivity contribution < 1.29 is 4.79 Å². The van der Waals surface area contributed by atoms with Crippen LogP contribution in [0, 0.1) is 5.92 Å². The van der Waals surface area contributed by atoms with Crippen LogP contribution < -0.4 is 10.6 Å². The molecule has 1 aromatic heterocycles. The summed E-state index contributed by atoms with van der Waals surface area (Å²) in [6, 6.07) is 8.69. The molecule has 2 aromatic rings. The second-order valence-corrected chi connectivity index (χ2v) is 5.12. The molecule has 1 aromatic carbocycles. The van der Waals surface area contributed by atoms with E-state index in [1.54, 1.807) is 30.5 Å². The van der Waals surface area contributed by atoms with E-state index in [2.05, 4.69) is 22.7 Å². The molecule has 0 spiro atoms. The summed E-state index contributed by atoms with van der Waals surface area (Å²) in [7, 11) is 0. The lowest BCUT2D eigenvalue weighted by Crippen LogP contribution is -2.33. The number of carbonyl (C=O) groups excluding carboxylic acids is 1. The Morgan fingerprint density at radius 3 is 3.00 bits per heavy atom. The molecule has 20 heavy (non-hydrogen) atoms. The third kappa shape index (κ3) is 4.59. The summed E-state index contributed by atoms with van der Waals surface area (Å²) in [6.45, 7) is 3.40. The van der Waals surface area contributed by atoms with E-state index < -0.39 is 0 Å². The highest BCUT2D eigenvalue weighted by molar-refractivity contribution is 6.30. The Hall–Kier alpha value is -2.01. The quantitative estimate of drug-likeness (QED) is 0.890. The van der Waals surface area contributed by atoms with Crippen molar-refractivity contribution in [1.82, 2.24) is 15.1 Å². The minimum Gasteiger partial charge on any atom is -0.338 e. The summed E-state index contributed by atoms with van der Waals surface area (Å²) >= 11 is 5.85. The van der Waals surface area contributed by atoms with E-state index in [-0.39, 0.29) is 6.03 Å². The van der Waals surface area contributed by atoms with Gasteiger partial charge in [0.25, 0.3) is 0 Å². The molecule has 2 rings (SSSR count). The first-order valence-corrected chi connectivity index (χ1v) is 6.79. The molecule has 6 heteroatoms. The van der Waals surface area contributed by atoms with Crippen molar-refractivity contribution in [2.45, 2.75) is 13.5 Å². The highest BCUT2D eigenvalue weighted by atomic mass is 35.5. The first-order valence-electron chi connectivity index (χ1n) is 6.41. The van der Waals surface area contributed by atoms with Crippen LogP contribution in [0.1, 0.15) is 6.92 Å². The minimum absolute atomic E-state index is 0.236. The van der Waals surface area contributed by atoms with Crippen molar-refractivity contribution in [1.29, 1.82) is 0 Å². The molecule has 0 saturated heterocycles. The van der Waals surface area contributed by atoms with Crippen LogP contribution in [0.15, 0.2) is 42.7 Å². The predicted octanol–water partition coefficient (Wildman–Crippen LogP) is 2.99. The van der Waals surface area contributed by atoms with E-state index >= 15 is 0 Å². The Bertz CT molecular complexity index is 556. The number of amides is 2. The number of nitrogens with one attached hydrogen (secondary N) is 2. The van der Waals surface area contributed by atoms with E-state index in [1.807, 2.05) is 16.9 Å². The summed E-state index contributed by atoms with van der Waals surface area (Å²) in [6.07, 6.45) is 3.65. The van der Waals surface area contributed by atoms with Gasteiger partial charge in [-0.3, -0.25) is 4.68 Å². The van der Waals surface area contributed by atoms with Crippen molar-refractivity contribution in [3.05, 3.63) is 47.7 Å². The monoisotopic (exact) mass is 292 g/mol. The van der Waals surface area contributed by atoms with E-state index in [0.29, 0.717) is 23.2 Å². The van der Waals surface area contributed by atoms with Gasteiger partial charge in [-0.05, 0) is 30.2 Å². The van der Waals surface area contributed by atoms with Crippen molar-refractivity contribution in [2.75, 3.05) is 11.9 Å². The Kier molecular flexibility index (Phi) is 5.01. The highest BCUT2D eigenvalue weighted by Crippen LogP contribution is 2.14. The van der Waals surface area contributed by atoms with Gasteiger partial charge in [0.05, 0.1) is 0 Å². The van der Waals surface area contributed by atoms with Crippen LogP contribution in [0.3, 0.4) is 0 Å². The van der Waals surface area contributed by atoms with Gasteiger partial charge in [-0.25, -0.2) is 4.79 Å². The first-order chi connectivity index (χ1) is 9.63. The lowest BCUT2D eigenvalue weighted by molar-refractivity contribution is 0.249. The normalized spacial score (nSPS) is 11.9. The number of nitrogens with zero attached hydrogens (tertiary/aromatic N) is 2. The number of benzene rings is 1. The largest absolute Gasteiger partial charge is 0.338 e. The molecule has 1 heterocycles. The van der Waals surface area contributed by atoms with Gasteiger partial charge >= 0.3 is 6.03 Å². The van der Waals surface area contributed by atoms with Crippen LogP contribution in [0.2, 0.25) is 5.02 Å². The van der Waals surface area contributed by atoms with Crippen molar-refractivity contribution >= 4 is 23.3 Å². The maximum absolute atomic E-state index is 11.7. The van der Waals surface area contributed by atoms with Gasteiger partial charge in [0.2, 0.25) is 0 Å². The van der Waals surface area contributed by atoms with E-state index in [9.17, 15) is 4.79 Å². The summed E-state index contributed by atoms with van der Waals surface area (Å²) in [4.78, 5) is 11.7. The van der Waals surface area contributed by atoms with Gasteiger partial charge in [-0.2, -0.15) is 5.10 Å². The maximum Gasteiger partial charge on any atom is 0.319 e. The molecule has 106 valence electrons. The molecule has 0 fully saturated rings. The van der Waals surface area contributed by atoms with Gasteiger partial charge in [0.1, 0.15) is 0 Å². The number of halogens is 1. The Labute approximate surface area is 122 Å². The average Bonchev–Trinajstić information content (AvgIpc) is 2.89. The Balaban J connectivity index is 1.74. The number of rotatable bonds is 5. The van der Waals surface area contributed by atoms with Crippen molar-refractivity contribution in [2.24, 2.45) is 5.92 Å². The zero-order chi connectivity index (χ0) is 14.4. The van der Waals surface area contributed by atoms with Crippen LogP contribution in [0.5, 0.6) is 0 Å². The van der Waals surface area contributed by atoms with Crippen molar-refractivity contribution in [3.8, 4) is 0 Å². The van der Waals surface area contributed by atoms with E-state index in [4.69, 9.17) is 11.6 Å². The second-order valence-electron chi connectivity index (χ2n) is 4.68. The van der Waals surface area contributed by atoms with E-state index in [0.717, 1.165) is 6.54 Å². The van der Waals surface area contributed by atoms with Crippen LogP contribution >= 0.6 is 11.6 Å². The molecule has 0 aliphatic carbocycles. The Morgan fingerprint density at radius 1 is 1.45 bits per heavy atom. The lowest BCUT2D eigenvalue weighted by atomic mass is 10.2. The van der Waals surface area contributed by atoms with Gasteiger partial charge in [-0.1, -0.05) is 24.6 Å². The molecule has 0 radical (unpaired) electrons. The number of aromatic nitrogens is 2. The fourth-order valence-electron chi connectivity index (χ4n) is 1.80. The molecular weight excluding hydrogens is 276 g/mol. The average molecular weight is 293 g/mol. The highest BCUT2D eigenvalue weighted by Gasteiger charge is 2.07. The predicted molar refractivity (Wildman–Crippen MR) is 79.9 cm³/mol. The smallest absolute Gasteiger partial charge is 0.319 e. The van der Waals surface area contributed by atoms with Gasteiger partial charge in [-0.15, -0.1) is 0 Å². The SMILES string of the molecule is C[C@H](CNC(=O)Nc1cccc(Cl)c1)Cn1cccn1. The topological polar surface area (TPSA) is 59.0 Å². The van der Waals surface area contributed by atoms with Gasteiger partial charge in [0, 0.05) is 36.2 Å². The zero-order valence-corrected chi connectivity index (χ0v) is 12.0. The molecule has 1 atom stereocenters. The molecule has 0 bridgehead atoms. The maximum atomic E-state index is 11.7. The number of carbonyl (C=O) groups is 1. The third-order valence-electron chi connectivity index (χ3n) is 2.75. The molecular formula is C14H17ClN4O. The Morgan fingerprint density at radius 2 is 2.30 bits per heavy atom. The molecule has 2 amide bonds. The summed E-state index contributed by atoms with van der Waals surface area (Å²) in [5.41, 5.74) is 0.676. The zero-order valence-electron chi connectivity index (χ0n) is 11.2. The van der Waals surface area contributed by atoms with E-state index in [1.165, 1.54) is 0 Å². The minimum atomic E-state index is -0.236. The fraction of sp³-hybridized carbons (Fsp3) is 0.286. The molecule has 0 aliphatic heterocycles. The number of urea groups is 1. The molecule has 0 aliphatic rings. The fourth-order valence-corrected chi connectivity index (χ4v) is 1.99. The van der Waals surface area contributed by atoms with Gasteiger partial charge in [0.15, 0.2) is 0 Å². The molecule has 0 saturated carbocycles. The standard InChI is InChI=1S/C14H17ClN4O/c1-11(10-19-7-3-6-17-19)9-16-14(20)18-13-5-2-4-12(15)8-13/h2-8,11H,9-10H2,1H3,(H2,16,18,20)/t11-/m1/s1. The van der Waals surface area contributed by atoms with Crippen molar-refractivity contribution in [3.63, 3.8) is 0 Å². The third-order valence-corrected chi connectivity index (χ3v) is 2.99. The number of hydrogen-bond acceptors (Lipinski definition) is 2. The summed E-state index contributed by atoms with van der Waals surface area (Å²) in [5, 5.41) is 10.3.